The van der Waals surface area contributed by atoms with Gasteiger partial charge in [0, 0.05) is 25.7 Å². The van der Waals surface area contributed by atoms with Gasteiger partial charge in [-0.15, -0.1) is 0 Å². The van der Waals surface area contributed by atoms with Gasteiger partial charge in [-0.25, -0.2) is 0 Å². The van der Waals surface area contributed by atoms with Crippen molar-refractivity contribution in [3.63, 3.8) is 0 Å². The molecule has 0 bridgehead atoms. The van der Waals surface area contributed by atoms with Gasteiger partial charge in [0.2, 0.25) is 0 Å². The van der Waals surface area contributed by atoms with Gasteiger partial charge >= 0.3 is 0 Å². The normalized spacial score (nSPS) is 22.2. The van der Waals surface area contributed by atoms with Crippen molar-refractivity contribution in [2.45, 2.75) is 39.2 Å². The quantitative estimate of drug-likeness (QED) is 0.628. The predicted molar refractivity (Wildman–Crippen MR) is 64.2 cm³/mol. The molecule has 1 atom stereocenters. The Morgan fingerprint density at radius 3 is 2.93 bits per heavy atom. The summed E-state index contributed by atoms with van der Waals surface area (Å²) in [6.07, 6.45) is 3.77. The van der Waals surface area contributed by atoms with Crippen molar-refractivity contribution in [3.05, 3.63) is 0 Å². The minimum atomic E-state index is 0.660. The maximum absolute atomic E-state index is 5.55. The van der Waals surface area contributed by atoms with Crippen LogP contribution in [0.2, 0.25) is 0 Å². The first-order valence-electron chi connectivity index (χ1n) is 6.31. The highest BCUT2D eigenvalue weighted by atomic mass is 16.5. The van der Waals surface area contributed by atoms with Gasteiger partial charge in [0.1, 0.15) is 0 Å². The summed E-state index contributed by atoms with van der Waals surface area (Å²) in [5.74, 6) is 0.750. The number of hydrogen-bond donors (Lipinski definition) is 2. The highest BCUT2D eigenvalue weighted by Crippen LogP contribution is 2.01. The van der Waals surface area contributed by atoms with E-state index in [4.69, 9.17) is 4.74 Å². The van der Waals surface area contributed by atoms with Crippen molar-refractivity contribution in [1.82, 2.24) is 10.6 Å². The molecular formula is C12H26N2O. The van der Waals surface area contributed by atoms with Crippen LogP contribution in [0, 0.1) is 5.92 Å². The standard InChI is InChI=1S/C12H26N2O/c1-11(2)5-8-15-9-7-14-12-4-3-6-13-10-12/h11-14H,3-10H2,1-2H3. The fraction of sp³-hybridized carbons (Fsp3) is 1.00. The van der Waals surface area contributed by atoms with E-state index in [0.717, 1.165) is 32.2 Å². The Morgan fingerprint density at radius 2 is 2.27 bits per heavy atom. The maximum Gasteiger partial charge on any atom is 0.0591 e. The van der Waals surface area contributed by atoms with Crippen LogP contribution in [-0.2, 0) is 4.74 Å². The van der Waals surface area contributed by atoms with Gasteiger partial charge in [-0.1, -0.05) is 13.8 Å². The molecule has 3 nitrogen and oxygen atoms in total. The number of hydrogen-bond acceptors (Lipinski definition) is 3. The molecule has 1 unspecified atom stereocenters. The predicted octanol–water partition coefficient (Wildman–Crippen LogP) is 1.39. The van der Waals surface area contributed by atoms with Crippen LogP contribution in [0.15, 0.2) is 0 Å². The maximum atomic E-state index is 5.55. The van der Waals surface area contributed by atoms with Crippen molar-refractivity contribution < 1.29 is 4.74 Å². The molecule has 1 rings (SSSR count). The zero-order chi connectivity index (χ0) is 10.9. The molecule has 1 aliphatic heterocycles. The molecule has 1 aliphatic rings. The van der Waals surface area contributed by atoms with E-state index < -0.39 is 0 Å². The van der Waals surface area contributed by atoms with Crippen LogP contribution in [0.1, 0.15) is 33.1 Å². The molecule has 0 aromatic heterocycles. The summed E-state index contributed by atoms with van der Waals surface area (Å²) < 4.78 is 5.55. The van der Waals surface area contributed by atoms with Gasteiger partial charge < -0.3 is 15.4 Å². The van der Waals surface area contributed by atoms with Gasteiger partial charge in [0.15, 0.2) is 0 Å². The van der Waals surface area contributed by atoms with Crippen molar-refractivity contribution in [3.8, 4) is 0 Å². The van der Waals surface area contributed by atoms with E-state index in [1.807, 2.05) is 0 Å². The summed E-state index contributed by atoms with van der Waals surface area (Å²) >= 11 is 0. The van der Waals surface area contributed by atoms with Crippen LogP contribution in [0.5, 0.6) is 0 Å². The highest BCUT2D eigenvalue weighted by Gasteiger charge is 2.10. The van der Waals surface area contributed by atoms with Gasteiger partial charge in [-0.05, 0) is 31.7 Å². The monoisotopic (exact) mass is 214 g/mol. The molecule has 0 spiro atoms. The van der Waals surface area contributed by atoms with Crippen LogP contribution >= 0.6 is 0 Å². The molecule has 90 valence electrons. The summed E-state index contributed by atoms with van der Waals surface area (Å²) in [6, 6.07) is 0.660. The van der Waals surface area contributed by atoms with Crippen molar-refractivity contribution in [2.24, 2.45) is 5.92 Å². The lowest BCUT2D eigenvalue weighted by atomic mass is 10.1. The summed E-state index contributed by atoms with van der Waals surface area (Å²) in [5.41, 5.74) is 0. The average molecular weight is 214 g/mol. The molecular weight excluding hydrogens is 188 g/mol. The molecule has 0 saturated carbocycles. The Balaban J connectivity index is 1.83. The molecule has 1 saturated heterocycles. The fourth-order valence-electron chi connectivity index (χ4n) is 1.78. The Hall–Kier alpha value is -0.120. The first-order chi connectivity index (χ1) is 7.29. The second-order valence-corrected chi connectivity index (χ2v) is 4.79. The lowest BCUT2D eigenvalue weighted by Crippen LogP contribution is -2.44. The van der Waals surface area contributed by atoms with Crippen LogP contribution in [0.4, 0.5) is 0 Å². The SMILES string of the molecule is CC(C)CCOCCNC1CCCNC1. The van der Waals surface area contributed by atoms with Crippen molar-refractivity contribution >= 4 is 0 Å². The third-order valence-electron chi connectivity index (χ3n) is 2.82. The third-order valence-corrected chi connectivity index (χ3v) is 2.82. The Labute approximate surface area is 94.0 Å². The largest absolute Gasteiger partial charge is 0.380 e. The third kappa shape index (κ3) is 6.88. The molecule has 15 heavy (non-hydrogen) atoms. The number of piperidine rings is 1. The first-order valence-corrected chi connectivity index (χ1v) is 6.31. The molecule has 2 N–H and O–H groups in total. The smallest absolute Gasteiger partial charge is 0.0591 e. The van der Waals surface area contributed by atoms with Crippen LogP contribution in [0.25, 0.3) is 0 Å². The molecule has 0 radical (unpaired) electrons. The number of nitrogens with one attached hydrogen (secondary N) is 2. The Bertz CT molecular complexity index is 145. The van der Waals surface area contributed by atoms with Gasteiger partial charge in [0.05, 0.1) is 6.61 Å². The molecule has 0 aliphatic carbocycles. The first kappa shape index (κ1) is 12.9. The van der Waals surface area contributed by atoms with E-state index >= 15 is 0 Å². The Morgan fingerprint density at radius 1 is 1.40 bits per heavy atom. The second kappa shape index (κ2) is 8.08. The Kier molecular flexibility index (Phi) is 6.98. The summed E-state index contributed by atoms with van der Waals surface area (Å²) in [6.45, 7) is 9.51. The molecule has 0 aromatic rings. The molecule has 1 fully saturated rings. The molecule has 0 amide bonds. The van der Waals surface area contributed by atoms with Crippen LogP contribution in [0.3, 0.4) is 0 Å². The second-order valence-electron chi connectivity index (χ2n) is 4.79. The highest BCUT2D eigenvalue weighted by molar-refractivity contribution is 4.74. The minimum Gasteiger partial charge on any atom is -0.380 e. The summed E-state index contributed by atoms with van der Waals surface area (Å²) in [5, 5.41) is 6.92. The fourth-order valence-corrected chi connectivity index (χ4v) is 1.78. The lowest BCUT2D eigenvalue weighted by molar-refractivity contribution is 0.122. The van der Waals surface area contributed by atoms with E-state index in [9.17, 15) is 0 Å². The zero-order valence-electron chi connectivity index (χ0n) is 10.2. The minimum absolute atomic E-state index is 0.660. The summed E-state index contributed by atoms with van der Waals surface area (Å²) in [4.78, 5) is 0. The van der Waals surface area contributed by atoms with Gasteiger partial charge in [-0.3, -0.25) is 0 Å². The van der Waals surface area contributed by atoms with Crippen LogP contribution < -0.4 is 10.6 Å². The molecule has 1 heterocycles. The van der Waals surface area contributed by atoms with E-state index in [1.54, 1.807) is 0 Å². The lowest BCUT2D eigenvalue weighted by Gasteiger charge is -2.23. The molecule has 3 heteroatoms. The van der Waals surface area contributed by atoms with Crippen molar-refractivity contribution in [2.75, 3.05) is 32.8 Å². The zero-order valence-corrected chi connectivity index (χ0v) is 10.2. The van der Waals surface area contributed by atoms with E-state index in [1.165, 1.54) is 25.8 Å². The van der Waals surface area contributed by atoms with Gasteiger partial charge in [-0.2, -0.15) is 0 Å². The average Bonchev–Trinajstić information content (AvgIpc) is 2.24. The van der Waals surface area contributed by atoms with E-state index in [2.05, 4.69) is 24.5 Å². The van der Waals surface area contributed by atoms with E-state index in [0.29, 0.717) is 6.04 Å². The number of rotatable bonds is 7. The number of ether oxygens (including phenoxy) is 1. The topological polar surface area (TPSA) is 33.3 Å². The van der Waals surface area contributed by atoms with Gasteiger partial charge in [0.25, 0.3) is 0 Å². The van der Waals surface area contributed by atoms with Crippen molar-refractivity contribution in [1.29, 1.82) is 0 Å². The summed E-state index contributed by atoms with van der Waals surface area (Å²) in [7, 11) is 0. The van der Waals surface area contributed by atoms with Crippen LogP contribution in [-0.4, -0.2) is 38.9 Å². The molecule has 0 aromatic carbocycles. The van der Waals surface area contributed by atoms with E-state index in [-0.39, 0.29) is 0 Å².